The van der Waals surface area contributed by atoms with Gasteiger partial charge in [0.2, 0.25) is 0 Å². The standard InChI is InChI=1S/C12H15N3O2/c1-15-12(13)11(7-14-15)8-4-9(16-2)6-10(5-8)17-3/h4-7H,13H2,1-3H3. The number of nitrogen functional groups attached to an aromatic ring is 1. The van der Waals surface area contributed by atoms with E-state index < -0.39 is 0 Å². The van der Waals surface area contributed by atoms with E-state index in [4.69, 9.17) is 15.2 Å². The molecule has 0 bridgehead atoms. The van der Waals surface area contributed by atoms with E-state index in [1.165, 1.54) is 0 Å². The lowest BCUT2D eigenvalue weighted by molar-refractivity contribution is 0.394. The molecule has 0 unspecified atom stereocenters. The minimum atomic E-state index is 0.611. The molecule has 90 valence electrons. The summed E-state index contributed by atoms with van der Waals surface area (Å²) in [6.45, 7) is 0. The van der Waals surface area contributed by atoms with Crippen LogP contribution in [0.1, 0.15) is 0 Å². The first-order chi connectivity index (χ1) is 8.15. The fourth-order valence-corrected chi connectivity index (χ4v) is 1.63. The summed E-state index contributed by atoms with van der Waals surface area (Å²) in [6, 6.07) is 5.61. The summed E-state index contributed by atoms with van der Waals surface area (Å²) in [7, 11) is 5.03. The molecular formula is C12H15N3O2. The summed E-state index contributed by atoms with van der Waals surface area (Å²) in [4.78, 5) is 0. The van der Waals surface area contributed by atoms with Gasteiger partial charge in [0.1, 0.15) is 17.3 Å². The van der Waals surface area contributed by atoms with Crippen LogP contribution in [0.5, 0.6) is 11.5 Å². The Morgan fingerprint density at radius 3 is 2.12 bits per heavy atom. The zero-order chi connectivity index (χ0) is 12.4. The normalized spacial score (nSPS) is 10.3. The molecule has 2 N–H and O–H groups in total. The van der Waals surface area contributed by atoms with Crippen molar-refractivity contribution in [1.29, 1.82) is 0 Å². The summed E-state index contributed by atoms with van der Waals surface area (Å²) in [5.41, 5.74) is 7.72. The number of aromatic nitrogens is 2. The summed E-state index contributed by atoms with van der Waals surface area (Å²) in [5.74, 6) is 2.06. The average Bonchev–Trinajstić information content (AvgIpc) is 2.69. The summed E-state index contributed by atoms with van der Waals surface area (Å²) in [5, 5.41) is 4.11. The van der Waals surface area contributed by atoms with E-state index in [2.05, 4.69) is 5.10 Å². The molecule has 0 fully saturated rings. The Bertz CT molecular complexity index is 512. The van der Waals surface area contributed by atoms with Gasteiger partial charge in [-0.15, -0.1) is 0 Å². The van der Waals surface area contributed by atoms with Crippen LogP contribution < -0.4 is 15.2 Å². The van der Waals surface area contributed by atoms with Crippen LogP contribution in [0.3, 0.4) is 0 Å². The molecule has 0 radical (unpaired) electrons. The van der Waals surface area contributed by atoms with Crippen LogP contribution in [0, 0.1) is 0 Å². The first kappa shape index (κ1) is 11.3. The number of anilines is 1. The van der Waals surface area contributed by atoms with E-state index >= 15 is 0 Å². The van der Waals surface area contributed by atoms with E-state index in [0.717, 1.165) is 22.6 Å². The number of hydrogen-bond donors (Lipinski definition) is 1. The van der Waals surface area contributed by atoms with Gasteiger partial charge in [-0.25, -0.2) is 0 Å². The van der Waals surface area contributed by atoms with Crippen LogP contribution in [-0.4, -0.2) is 24.0 Å². The predicted molar refractivity (Wildman–Crippen MR) is 66.2 cm³/mol. The first-order valence-corrected chi connectivity index (χ1v) is 5.16. The number of hydrogen-bond acceptors (Lipinski definition) is 4. The van der Waals surface area contributed by atoms with Crippen molar-refractivity contribution >= 4 is 5.82 Å². The molecule has 0 aliphatic rings. The average molecular weight is 233 g/mol. The zero-order valence-corrected chi connectivity index (χ0v) is 10.1. The molecule has 0 aliphatic heterocycles. The third-order valence-corrected chi connectivity index (χ3v) is 2.65. The monoisotopic (exact) mass is 233 g/mol. The fourth-order valence-electron chi connectivity index (χ4n) is 1.63. The number of nitrogens with two attached hydrogens (primary N) is 1. The maximum absolute atomic E-state index is 5.94. The molecule has 5 nitrogen and oxygen atoms in total. The van der Waals surface area contributed by atoms with Gasteiger partial charge < -0.3 is 15.2 Å². The molecule has 1 heterocycles. The number of aryl methyl sites for hydroxylation is 1. The largest absolute Gasteiger partial charge is 0.497 e. The van der Waals surface area contributed by atoms with Gasteiger partial charge in [-0.05, 0) is 17.7 Å². The zero-order valence-electron chi connectivity index (χ0n) is 10.1. The molecule has 17 heavy (non-hydrogen) atoms. The van der Waals surface area contributed by atoms with Crippen LogP contribution >= 0.6 is 0 Å². The number of ether oxygens (including phenoxy) is 2. The summed E-state index contributed by atoms with van der Waals surface area (Å²) in [6.07, 6.45) is 1.73. The molecule has 1 aromatic heterocycles. The third kappa shape index (κ3) is 2.04. The highest BCUT2D eigenvalue weighted by atomic mass is 16.5. The number of methoxy groups -OCH3 is 2. The van der Waals surface area contributed by atoms with Crippen molar-refractivity contribution in [1.82, 2.24) is 9.78 Å². The van der Waals surface area contributed by atoms with Gasteiger partial charge in [0.15, 0.2) is 0 Å². The predicted octanol–water partition coefficient (Wildman–Crippen LogP) is 1.69. The highest BCUT2D eigenvalue weighted by molar-refractivity contribution is 5.75. The van der Waals surface area contributed by atoms with E-state index in [0.29, 0.717) is 5.82 Å². The Hall–Kier alpha value is -2.17. The minimum Gasteiger partial charge on any atom is -0.497 e. The van der Waals surface area contributed by atoms with Crippen LogP contribution in [0.2, 0.25) is 0 Å². The molecule has 0 aliphatic carbocycles. The van der Waals surface area contributed by atoms with Crippen LogP contribution in [-0.2, 0) is 7.05 Å². The maximum atomic E-state index is 5.94. The Morgan fingerprint density at radius 1 is 1.12 bits per heavy atom. The quantitative estimate of drug-likeness (QED) is 0.876. The van der Waals surface area contributed by atoms with Crippen molar-refractivity contribution < 1.29 is 9.47 Å². The van der Waals surface area contributed by atoms with Gasteiger partial charge in [-0.3, -0.25) is 4.68 Å². The summed E-state index contributed by atoms with van der Waals surface area (Å²) < 4.78 is 12.1. The molecule has 5 heteroatoms. The smallest absolute Gasteiger partial charge is 0.129 e. The Balaban J connectivity index is 2.54. The minimum absolute atomic E-state index is 0.611. The number of nitrogens with zero attached hydrogens (tertiary/aromatic N) is 2. The van der Waals surface area contributed by atoms with E-state index in [9.17, 15) is 0 Å². The van der Waals surface area contributed by atoms with Crippen molar-refractivity contribution in [3.8, 4) is 22.6 Å². The Labute approximate surface area is 99.8 Å². The van der Waals surface area contributed by atoms with Crippen molar-refractivity contribution in [2.45, 2.75) is 0 Å². The molecule has 0 amide bonds. The van der Waals surface area contributed by atoms with Crippen LogP contribution in [0.4, 0.5) is 5.82 Å². The van der Waals surface area contributed by atoms with Crippen LogP contribution in [0.25, 0.3) is 11.1 Å². The lowest BCUT2D eigenvalue weighted by atomic mass is 10.1. The van der Waals surface area contributed by atoms with Gasteiger partial charge in [0.05, 0.1) is 20.4 Å². The first-order valence-electron chi connectivity index (χ1n) is 5.16. The molecule has 1 aromatic carbocycles. The van der Waals surface area contributed by atoms with Crippen molar-refractivity contribution in [2.75, 3.05) is 20.0 Å². The highest BCUT2D eigenvalue weighted by Crippen LogP contribution is 2.32. The topological polar surface area (TPSA) is 62.3 Å². The van der Waals surface area contributed by atoms with Crippen LogP contribution in [0.15, 0.2) is 24.4 Å². The highest BCUT2D eigenvalue weighted by Gasteiger charge is 2.10. The Morgan fingerprint density at radius 2 is 1.71 bits per heavy atom. The molecular weight excluding hydrogens is 218 g/mol. The molecule has 0 spiro atoms. The van der Waals surface area contributed by atoms with Gasteiger partial charge in [-0.2, -0.15) is 5.10 Å². The van der Waals surface area contributed by atoms with Gasteiger partial charge in [-0.1, -0.05) is 0 Å². The second-order valence-electron chi connectivity index (χ2n) is 3.67. The van der Waals surface area contributed by atoms with Crippen molar-refractivity contribution in [2.24, 2.45) is 7.05 Å². The molecule has 0 saturated carbocycles. The number of benzene rings is 1. The SMILES string of the molecule is COc1cc(OC)cc(-c2cnn(C)c2N)c1. The second-order valence-corrected chi connectivity index (χ2v) is 3.67. The van der Waals surface area contributed by atoms with E-state index in [1.807, 2.05) is 18.2 Å². The lowest BCUT2D eigenvalue weighted by Gasteiger charge is -2.08. The van der Waals surface area contributed by atoms with E-state index in [1.54, 1.807) is 32.1 Å². The number of rotatable bonds is 3. The van der Waals surface area contributed by atoms with Crippen molar-refractivity contribution in [3.63, 3.8) is 0 Å². The molecule has 2 rings (SSSR count). The molecule has 0 saturated heterocycles. The fraction of sp³-hybridized carbons (Fsp3) is 0.250. The van der Waals surface area contributed by atoms with E-state index in [-0.39, 0.29) is 0 Å². The summed E-state index contributed by atoms with van der Waals surface area (Å²) >= 11 is 0. The van der Waals surface area contributed by atoms with Gasteiger partial charge >= 0.3 is 0 Å². The lowest BCUT2D eigenvalue weighted by Crippen LogP contribution is -1.98. The van der Waals surface area contributed by atoms with Crippen molar-refractivity contribution in [3.05, 3.63) is 24.4 Å². The maximum Gasteiger partial charge on any atom is 0.129 e. The third-order valence-electron chi connectivity index (χ3n) is 2.65. The molecule has 2 aromatic rings. The Kier molecular flexibility index (Phi) is 2.91. The van der Waals surface area contributed by atoms with Gasteiger partial charge in [0.25, 0.3) is 0 Å². The van der Waals surface area contributed by atoms with Gasteiger partial charge in [0, 0.05) is 18.7 Å². The second kappa shape index (κ2) is 4.37. The molecule has 0 atom stereocenters.